The number of ether oxygens (including phenoxy) is 1. The fourth-order valence-corrected chi connectivity index (χ4v) is 6.60. The van der Waals surface area contributed by atoms with Crippen LogP contribution in [0.15, 0.2) is 18.2 Å². The summed E-state index contributed by atoms with van der Waals surface area (Å²) in [7, 11) is 1.71. The lowest BCUT2D eigenvalue weighted by atomic mass is 9.53. The van der Waals surface area contributed by atoms with Crippen molar-refractivity contribution >= 4 is 0 Å². The van der Waals surface area contributed by atoms with Crippen molar-refractivity contribution in [2.45, 2.75) is 64.1 Å². The van der Waals surface area contributed by atoms with Crippen molar-refractivity contribution in [1.29, 1.82) is 0 Å². The molecular formula is C21H30O3. The number of methoxy groups -OCH3 is 1. The molecule has 0 heterocycles. The molecule has 1 aromatic carbocycles. The molecule has 0 spiro atoms. The van der Waals surface area contributed by atoms with Crippen molar-refractivity contribution in [2.75, 3.05) is 7.11 Å². The van der Waals surface area contributed by atoms with E-state index in [4.69, 9.17) is 4.74 Å². The van der Waals surface area contributed by atoms with Crippen LogP contribution in [0.5, 0.6) is 5.75 Å². The number of aliphatic hydroxyl groups excluding tert-OH is 2. The van der Waals surface area contributed by atoms with Crippen LogP contribution in [0.3, 0.4) is 0 Å². The molecule has 3 heteroatoms. The van der Waals surface area contributed by atoms with Crippen LogP contribution in [0.25, 0.3) is 0 Å². The van der Waals surface area contributed by atoms with Gasteiger partial charge in [-0.05, 0) is 85.5 Å². The fraction of sp³-hybridized carbons (Fsp3) is 0.714. The third-order valence-electron chi connectivity index (χ3n) is 7.56. The van der Waals surface area contributed by atoms with Crippen LogP contribution in [0.2, 0.25) is 0 Å². The number of benzene rings is 1. The maximum atomic E-state index is 11.1. The number of aliphatic hydroxyl groups is 2. The Morgan fingerprint density at radius 2 is 2.04 bits per heavy atom. The average molecular weight is 330 g/mol. The van der Waals surface area contributed by atoms with Gasteiger partial charge in [-0.3, -0.25) is 0 Å². The lowest BCUT2D eigenvalue weighted by molar-refractivity contribution is -0.0754. The summed E-state index contributed by atoms with van der Waals surface area (Å²) in [4.78, 5) is 0. The molecule has 0 amide bonds. The van der Waals surface area contributed by atoms with Crippen molar-refractivity contribution in [3.63, 3.8) is 0 Å². The first-order valence-corrected chi connectivity index (χ1v) is 9.48. The summed E-state index contributed by atoms with van der Waals surface area (Å²) in [6.07, 6.45) is 4.77. The van der Waals surface area contributed by atoms with E-state index in [0.717, 1.165) is 31.4 Å². The quantitative estimate of drug-likeness (QED) is 0.872. The molecule has 3 aliphatic carbocycles. The number of hydrogen-bond donors (Lipinski definition) is 2. The van der Waals surface area contributed by atoms with E-state index in [0.29, 0.717) is 17.8 Å². The van der Waals surface area contributed by atoms with E-state index in [9.17, 15) is 10.2 Å². The number of fused-ring (bicyclic) bond motifs is 5. The summed E-state index contributed by atoms with van der Waals surface area (Å²) in [5, 5.41) is 21.3. The molecule has 0 bridgehead atoms. The zero-order valence-electron chi connectivity index (χ0n) is 15.0. The first kappa shape index (κ1) is 16.4. The Morgan fingerprint density at radius 1 is 1.25 bits per heavy atom. The Balaban J connectivity index is 1.70. The standard InChI is InChI=1S/C21H30O3/c1-12(22)17-8-9-18-16-6-4-13-10-14(24-3)5-7-15(13)20(16)19(23)11-21(17,18)2/h5,7,10,12,16-20,22-23H,4,6,8-9,11H2,1-3H3/t12-,16+,17-,18+,19-,20-,21-/m1/s1. The summed E-state index contributed by atoms with van der Waals surface area (Å²) in [5.41, 5.74) is 2.77. The molecule has 3 aliphatic rings. The maximum Gasteiger partial charge on any atom is 0.119 e. The highest BCUT2D eigenvalue weighted by Crippen LogP contribution is 2.63. The second-order valence-electron chi connectivity index (χ2n) is 8.60. The minimum absolute atomic E-state index is 0.0821. The van der Waals surface area contributed by atoms with Crippen LogP contribution in [0.1, 0.15) is 56.6 Å². The Hall–Kier alpha value is -1.06. The van der Waals surface area contributed by atoms with Gasteiger partial charge >= 0.3 is 0 Å². The van der Waals surface area contributed by atoms with Crippen LogP contribution in [-0.4, -0.2) is 29.5 Å². The molecule has 4 rings (SSSR count). The summed E-state index contributed by atoms with van der Waals surface area (Å²) in [5.74, 6) is 2.67. The van der Waals surface area contributed by atoms with Gasteiger partial charge in [-0.25, -0.2) is 0 Å². The van der Waals surface area contributed by atoms with E-state index in [-0.39, 0.29) is 23.5 Å². The predicted molar refractivity (Wildman–Crippen MR) is 94.2 cm³/mol. The smallest absolute Gasteiger partial charge is 0.119 e. The zero-order chi connectivity index (χ0) is 17.1. The highest BCUT2D eigenvalue weighted by Gasteiger charge is 2.58. The molecule has 0 unspecified atom stereocenters. The normalized spacial score (nSPS) is 42.0. The molecular weight excluding hydrogens is 300 g/mol. The number of hydrogen-bond acceptors (Lipinski definition) is 3. The third kappa shape index (κ3) is 2.24. The first-order valence-electron chi connectivity index (χ1n) is 9.48. The largest absolute Gasteiger partial charge is 0.497 e. The summed E-state index contributed by atoms with van der Waals surface area (Å²) in [6, 6.07) is 6.37. The third-order valence-corrected chi connectivity index (χ3v) is 7.56. The van der Waals surface area contributed by atoms with E-state index in [1.54, 1.807) is 7.11 Å². The van der Waals surface area contributed by atoms with Crippen LogP contribution >= 0.6 is 0 Å². The Labute approximate surface area is 145 Å². The lowest BCUT2D eigenvalue weighted by Gasteiger charge is -2.53. The minimum atomic E-state index is -0.303. The number of rotatable bonds is 2. The van der Waals surface area contributed by atoms with E-state index in [2.05, 4.69) is 19.1 Å². The molecule has 2 N–H and O–H groups in total. The highest BCUT2D eigenvalue weighted by molar-refractivity contribution is 5.41. The molecule has 0 aliphatic heterocycles. The van der Waals surface area contributed by atoms with Gasteiger partial charge in [0.05, 0.1) is 19.3 Å². The zero-order valence-corrected chi connectivity index (χ0v) is 15.0. The van der Waals surface area contributed by atoms with Crippen molar-refractivity contribution in [3.05, 3.63) is 29.3 Å². The monoisotopic (exact) mass is 330 g/mol. The van der Waals surface area contributed by atoms with Gasteiger partial charge in [0.1, 0.15) is 5.75 Å². The summed E-state index contributed by atoms with van der Waals surface area (Å²) in [6.45, 7) is 4.25. The molecule has 2 fully saturated rings. The molecule has 2 saturated carbocycles. The van der Waals surface area contributed by atoms with Crippen molar-refractivity contribution in [1.82, 2.24) is 0 Å². The second-order valence-corrected chi connectivity index (χ2v) is 8.60. The SMILES string of the molecule is COc1ccc2c(c1)CC[C@@H]1[C@@H]2[C@H](O)C[C@]2(C)[C@@H]([C@@H](C)O)CC[C@@H]12. The average Bonchev–Trinajstić information content (AvgIpc) is 2.90. The van der Waals surface area contributed by atoms with Crippen molar-refractivity contribution < 1.29 is 14.9 Å². The van der Waals surface area contributed by atoms with Crippen LogP contribution < -0.4 is 4.74 Å². The van der Waals surface area contributed by atoms with Gasteiger partial charge in [-0.2, -0.15) is 0 Å². The van der Waals surface area contributed by atoms with E-state index < -0.39 is 0 Å². The van der Waals surface area contributed by atoms with Crippen LogP contribution in [-0.2, 0) is 6.42 Å². The molecule has 0 saturated heterocycles. The maximum absolute atomic E-state index is 11.1. The molecule has 7 atom stereocenters. The van der Waals surface area contributed by atoms with Gasteiger partial charge in [0.25, 0.3) is 0 Å². The second kappa shape index (κ2) is 5.74. The topological polar surface area (TPSA) is 49.7 Å². The van der Waals surface area contributed by atoms with Crippen molar-refractivity contribution in [3.8, 4) is 5.75 Å². The highest BCUT2D eigenvalue weighted by atomic mass is 16.5. The van der Waals surface area contributed by atoms with Gasteiger partial charge in [-0.15, -0.1) is 0 Å². The molecule has 0 aromatic heterocycles. The number of aryl methyl sites for hydroxylation is 1. The van der Waals surface area contributed by atoms with E-state index in [1.807, 2.05) is 13.0 Å². The Bertz CT molecular complexity index is 626. The first-order chi connectivity index (χ1) is 11.5. The summed E-state index contributed by atoms with van der Waals surface area (Å²) >= 11 is 0. The van der Waals surface area contributed by atoms with Crippen molar-refractivity contribution in [2.24, 2.45) is 23.2 Å². The van der Waals surface area contributed by atoms with Gasteiger partial charge in [0.15, 0.2) is 0 Å². The molecule has 1 aromatic rings. The van der Waals surface area contributed by atoms with Crippen LogP contribution in [0.4, 0.5) is 0 Å². The van der Waals surface area contributed by atoms with E-state index in [1.165, 1.54) is 17.5 Å². The Morgan fingerprint density at radius 3 is 2.75 bits per heavy atom. The Kier molecular flexibility index (Phi) is 3.92. The van der Waals surface area contributed by atoms with Crippen LogP contribution in [0, 0.1) is 23.2 Å². The van der Waals surface area contributed by atoms with Gasteiger partial charge in [0, 0.05) is 5.92 Å². The van der Waals surface area contributed by atoms with Gasteiger partial charge in [-0.1, -0.05) is 13.0 Å². The van der Waals surface area contributed by atoms with E-state index >= 15 is 0 Å². The predicted octanol–water partition coefficient (Wildman–Crippen LogP) is 3.52. The molecule has 24 heavy (non-hydrogen) atoms. The summed E-state index contributed by atoms with van der Waals surface area (Å²) < 4.78 is 5.38. The lowest BCUT2D eigenvalue weighted by Crippen LogP contribution is -2.50. The molecule has 132 valence electrons. The fourth-order valence-electron chi connectivity index (χ4n) is 6.60. The minimum Gasteiger partial charge on any atom is -0.497 e. The molecule has 3 nitrogen and oxygen atoms in total. The van der Waals surface area contributed by atoms with Gasteiger partial charge in [0.2, 0.25) is 0 Å². The molecule has 0 radical (unpaired) electrons. The van der Waals surface area contributed by atoms with Gasteiger partial charge < -0.3 is 14.9 Å².